The molecule has 2 heterocycles. The first-order valence-corrected chi connectivity index (χ1v) is 17.9. The largest absolute Gasteiger partial charge is 0.480 e. The minimum absolute atomic E-state index is 0.0490. The molecular formula is C40H48F2N6O7. The number of hydrogen-bond acceptors (Lipinski definition) is 7. The third kappa shape index (κ3) is 11.2. The van der Waals surface area contributed by atoms with Crippen LogP contribution in [0.2, 0.25) is 0 Å². The molecule has 0 radical (unpaired) electrons. The number of nitrogens with zero attached hydrogens (tertiary/aromatic N) is 2. The molecule has 0 saturated carbocycles. The molecule has 0 aliphatic carbocycles. The Kier molecular flexibility index (Phi) is 13.8. The third-order valence-electron chi connectivity index (χ3n) is 9.14. The number of carbonyl (C=O) groups is 6. The van der Waals surface area contributed by atoms with E-state index in [1.165, 1.54) is 6.92 Å². The van der Waals surface area contributed by atoms with E-state index in [1.807, 2.05) is 55.7 Å². The van der Waals surface area contributed by atoms with E-state index in [9.17, 15) is 42.7 Å². The number of carbonyl (C=O) groups excluding carboxylic acids is 5. The van der Waals surface area contributed by atoms with E-state index in [1.54, 1.807) is 26.1 Å². The van der Waals surface area contributed by atoms with Crippen molar-refractivity contribution in [3.8, 4) is 11.1 Å². The standard InChI is InChI=1S/C40H48F2N6O7/c1-23(2)35(46-32(49)22-48-33(50)14-15-34(48)51)38(53)44-24(3)37(52)45-30(39(54)55)16-17-43-36(40(4,5)6)31-18-26(28-19-27(41)12-13-29(28)42)21-47(31)20-25-10-8-7-9-11-25/h7-15,18-19,21,23-24,30,35-36,43H,16-17,20,22H2,1-6H3,(H,44,53)(H,45,52)(H,46,49)(H,54,55)/t24-,30-,35-,36-/m0/s1. The number of benzene rings is 2. The van der Waals surface area contributed by atoms with Gasteiger partial charge in [-0.25, -0.2) is 13.6 Å². The number of imide groups is 1. The van der Waals surface area contributed by atoms with Crippen LogP contribution in [-0.2, 0) is 35.3 Å². The van der Waals surface area contributed by atoms with Gasteiger partial charge in [0.05, 0.1) is 6.04 Å². The van der Waals surface area contributed by atoms with E-state index in [4.69, 9.17) is 0 Å². The zero-order chi connectivity index (χ0) is 40.6. The highest BCUT2D eigenvalue weighted by atomic mass is 19.1. The number of aliphatic carboxylic acids is 1. The summed E-state index contributed by atoms with van der Waals surface area (Å²) in [6.45, 7) is 10.6. The molecule has 294 valence electrons. The van der Waals surface area contributed by atoms with Crippen molar-refractivity contribution in [1.82, 2.24) is 30.7 Å². The minimum atomic E-state index is -1.35. The summed E-state index contributed by atoms with van der Waals surface area (Å²) < 4.78 is 31.1. The molecule has 2 aromatic carbocycles. The lowest BCUT2D eigenvalue weighted by molar-refractivity contribution is -0.142. The SMILES string of the molecule is CC(C)[C@H](NC(=O)CN1C(=O)C=CC1=O)C(=O)N[C@@H](C)C(=O)N[C@@H](CCN[C@@H](c1cc(-c2cc(F)ccc2F)cn1Cc1ccccc1)C(C)(C)C)C(=O)O. The Morgan fingerprint density at radius 1 is 0.855 bits per heavy atom. The van der Waals surface area contributed by atoms with Gasteiger partial charge in [0, 0.05) is 41.7 Å². The number of carboxylic acids is 1. The molecule has 5 N–H and O–H groups in total. The predicted molar refractivity (Wildman–Crippen MR) is 200 cm³/mol. The van der Waals surface area contributed by atoms with Crippen LogP contribution in [0, 0.1) is 23.0 Å². The Morgan fingerprint density at radius 3 is 2.11 bits per heavy atom. The molecule has 0 unspecified atom stereocenters. The van der Waals surface area contributed by atoms with E-state index in [-0.39, 0.29) is 18.5 Å². The van der Waals surface area contributed by atoms with Crippen molar-refractivity contribution in [2.75, 3.05) is 13.1 Å². The van der Waals surface area contributed by atoms with Crippen LogP contribution >= 0.6 is 0 Å². The van der Waals surface area contributed by atoms with Crippen LogP contribution in [0.1, 0.15) is 65.3 Å². The van der Waals surface area contributed by atoms with Gasteiger partial charge < -0.3 is 30.9 Å². The molecule has 4 atom stereocenters. The molecule has 3 aromatic rings. The average Bonchev–Trinajstić information content (AvgIpc) is 3.66. The van der Waals surface area contributed by atoms with Crippen molar-refractivity contribution in [2.24, 2.45) is 11.3 Å². The van der Waals surface area contributed by atoms with Gasteiger partial charge in [-0.1, -0.05) is 65.0 Å². The smallest absolute Gasteiger partial charge is 0.326 e. The monoisotopic (exact) mass is 762 g/mol. The molecule has 1 aliphatic heterocycles. The lowest BCUT2D eigenvalue weighted by Crippen LogP contribution is -2.57. The van der Waals surface area contributed by atoms with Crippen LogP contribution in [-0.4, -0.2) is 81.3 Å². The van der Waals surface area contributed by atoms with Gasteiger partial charge >= 0.3 is 5.97 Å². The first-order valence-electron chi connectivity index (χ1n) is 17.9. The molecular weight excluding hydrogens is 714 g/mol. The van der Waals surface area contributed by atoms with Crippen LogP contribution in [0.5, 0.6) is 0 Å². The van der Waals surface area contributed by atoms with Crippen molar-refractivity contribution >= 4 is 35.5 Å². The molecule has 13 nitrogen and oxygen atoms in total. The summed E-state index contributed by atoms with van der Waals surface area (Å²) in [5.41, 5.74) is 1.85. The second-order valence-corrected chi connectivity index (χ2v) is 14.9. The second-order valence-electron chi connectivity index (χ2n) is 14.9. The normalized spacial score (nSPS) is 15.1. The van der Waals surface area contributed by atoms with Crippen molar-refractivity contribution in [1.29, 1.82) is 0 Å². The fourth-order valence-electron chi connectivity index (χ4n) is 6.19. The fourth-order valence-corrected chi connectivity index (χ4v) is 6.19. The van der Waals surface area contributed by atoms with Crippen molar-refractivity contribution in [3.05, 3.63) is 95.8 Å². The lowest BCUT2D eigenvalue weighted by Gasteiger charge is -2.33. The Balaban J connectivity index is 1.44. The van der Waals surface area contributed by atoms with Crippen molar-refractivity contribution < 1.29 is 42.7 Å². The zero-order valence-corrected chi connectivity index (χ0v) is 31.7. The van der Waals surface area contributed by atoms with Crippen LogP contribution in [0.4, 0.5) is 8.78 Å². The second kappa shape index (κ2) is 18.1. The van der Waals surface area contributed by atoms with Crippen LogP contribution in [0.3, 0.4) is 0 Å². The maximum absolute atomic E-state index is 14.9. The molecule has 15 heteroatoms. The number of nitrogens with one attached hydrogen (secondary N) is 4. The van der Waals surface area contributed by atoms with Crippen LogP contribution < -0.4 is 21.3 Å². The summed E-state index contributed by atoms with van der Waals surface area (Å²) in [6, 6.07) is 10.6. The van der Waals surface area contributed by atoms with Gasteiger partial charge in [0.1, 0.15) is 36.3 Å². The van der Waals surface area contributed by atoms with E-state index in [2.05, 4.69) is 21.3 Å². The molecule has 1 aromatic heterocycles. The first-order chi connectivity index (χ1) is 25.8. The van der Waals surface area contributed by atoms with Crippen molar-refractivity contribution in [3.63, 3.8) is 0 Å². The summed E-state index contributed by atoms with van der Waals surface area (Å²) in [5.74, 6) is -6.47. The van der Waals surface area contributed by atoms with Gasteiger partial charge in [-0.15, -0.1) is 0 Å². The van der Waals surface area contributed by atoms with E-state index >= 15 is 0 Å². The van der Waals surface area contributed by atoms with Gasteiger partial charge in [0.2, 0.25) is 17.7 Å². The Hall–Kier alpha value is -5.70. The summed E-state index contributed by atoms with van der Waals surface area (Å²) in [6.07, 6.45) is 3.78. The fraction of sp³-hybridized carbons (Fsp3) is 0.400. The molecule has 0 fully saturated rings. The summed E-state index contributed by atoms with van der Waals surface area (Å²) in [7, 11) is 0. The molecule has 55 heavy (non-hydrogen) atoms. The predicted octanol–water partition coefficient (Wildman–Crippen LogP) is 3.69. The van der Waals surface area contributed by atoms with Gasteiger partial charge in [-0.3, -0.25) is 28.9 Å². The topological polar surface area (TPSA) is 179 Å². The molecule has 0 spiro atoms. The van der Waals surface area contributed by atoms with Gasteiger partial charge in [-0.05, 0) is 61.1 Å². The maximum atomic E-state index is 14.9. The third-order valence-corrected chi connectivity index (χ3v) is 9.14. The Morgan fingerprint density at radius 2 is 1.51 bits per heavy atom. The molecule has 0 saturated heterocycles. The Labute approximate surface area is 318 Å². The minimum Gasteiger partial charge on any atom is -0.480 e. The van der Waals surface area contributed by atoms with E-state index < -0.39 is 89.2 Å². The quantitative estimate of drug-likeness (QED) is 0.129. The maximum Gasteiger partial charge on any atom is 0.326 e. The van der Waals surface area contributed by atoms with Gasteiger partial charge in [0.25, 0.3) is 11.8 Å². The van der Waals surface area contributed by atoms with Crippen molar-refractivity contribution in [2.45, 2.75) is 78.7 Å². The number of carboxylic acid groups (broad SMARTS) is 1. The Bertz CT molecular complexity index is 1920. The highest BCUT2D eigenvalue weighted by Gasteiger charge is 2.33. The first kappa shape index (κ1) is 42.0. The summed E-state index contributed by atoms with van der Waals surface area (Å²) >= 11 is 0. The molecule has 4 rings (SSSR count). The molecule has 0 bridgehead atoms. The van der Waals surface area contributed by atoms with Crippen LogP contribution in [0.25, 0.3) is 11.1 Å². The number of hydrogen-bond donors (Lipinski definition) is 5. The number of aromatic nitrogens is 1. The average molecular weight is 763 g/mol. The van der Waals surface area contributed by atoms with E-state index in [0.29, 0.717) is 12.1 Å². The van der Waals surface area contributed by atoms with Gasteiger partial charge in [-0.2, -0.15) is 0 Å². The number of halogens is 2. The summed E-state index contributed by atoms with van der Waals surface area (Å²) in [5, 5.41) is 20.9. The van der Waals surface area contributed by atoms with Crippen LogP contribution in [0.15, 0.2) is 72.9 Å². The number of rotatable bonds is 17. The molecule has 1 aliphatic rings. The summed E-state index contributed by atoms with van der Waals surface area (Å²) in [4.78, 5) is 75.6. The highest BCUT2D eigenvalue weighted by Crippen LogP contribution is 2.37. The highest BCUT2D eigenvalue weighted by molar-refractivity contribution is 6.14. The zero-order valence-electron chi connectivity index (χ0n) is 31.7. The van der Waals surface area contributed by atoms with Gasteiger partial charge in [0.15, 0.2) is 0 Å². The lowest BCUT2D eigenvalue weighted by atomic mass is 9.84. The van der Waals surface area contributed by atoms with E-state index in [0.717, 1.165) is 46.5 Å². The number of amides is 5. The molecule has 5 amide bonds.